The Hall–Kier alpha value is -2.04. The Labute approximate surface area is 163 Å². The largest absolute Gasteiger partial charge is 0.469 e. The van der Waals surface area contributed by atoms with E-state index in [1.807, 2.05) is 0 Å². The Morgan fingerprint density at radius 1 is 1.22 bits per heavy atom. The first-order chi connectivity index (χ1) is 13.2. The molecular formula is C22H33N3O2. The summed E-state index contributed by atoms with van der Waals surface area (Å²) in [7, 11) is 1.48. The minimum Gasteiger partial charge on any atom is -0.469 e. The number of nitrogens with one attached hydrogen (secondary N) is 1. The summed E-state index contributed by atoms with van der Waals surface area (Å²) in [6.07, 6.45) is 6.66. The monoisotopic (exact) mass is 371 g/mol. The molecule has 1 aromatic carbocycles. The van der Waals surface area contributed by atoms with Crippen molar-refractivity contribution in [2.75, 3.05) is 33.3 Å². The average Bonchev–Trinajstić information content (AvgIpc) is 3.21. The Balaban J connectivity index is 1.71. The Morgan fingerprint density at radius 3 is 2.48 bits per heavy atom. The van der Waals surface area contributed by atoms with E-state index in [9.17, 15) is 4.79 Å². The first kappa shape index (κ1) is 19.7. The van der Waals surface area contributed by atoms with Gasteiger partial charge in [-0.2, -0.15) is 0 Å². The number of benzene rings is 1. The highest BCUT2D eigenvalue weighted by atomic mass is 16.5. The van der Waals surface area contributed by atoms with Gasteiger partial charge in [-0.05, 0) is 38.2 Å². The summed E-state index contributed by atoms with van der Waals surface area (Å²) >= 11 is 0. The van der Waals surface area contributed by atoms with Crippen molar-refractivity contribution in [1.82, 2.24) is 10.2 Å². The number of esters is 1. The summed E-state index contributed by atoms with van der Waals surface area (Å²) in [4.78, 5) is 19.2. The second-order valence-electron chi connectivity index (χ2n) is 7.81. The number of rotatable bonds is 5. The fourth-order valence-corrected chi connectivity index (χ4v) is 4.53. The lowest BCUT2D eigenvalue weighted by molar-refractivity contribution is -0.146. The van der Waals surface area contributed by atoms with Gasteiger partial charge in [-0.1, -0.05) is 43.2 Å². The lowest BCUT2D eigenvalue weighted by Gasteiger charge is -2.34. The molecule has 2 fully saturated rings. The van der Waals surface area contributed by atoms with Crippen molar-refractivity contribution >= 4 is 11.9 Å². The molecule has 148 valence electrons. The van der Waals surface area contributed by atoms with Crippen LogP contribution >= 0.6 is 0 Å². The van der Waals surface area contributed by atoms with Crippen molar-refractivity contribution in [1.29, 1.82) is 0 Å². The third-order valence-electron chi connectivity index (χ3n) is 6.14. The van der Waals surface area contributed by atoms with Crippen LogP contribution in [0.5, 0.6) is 0 Å². The van der Waals surface area contributed by atoms with Crippen molar-refractivity contribution in [3.63, 3.8) is 0 Å². The summed E-state index contributed by atoms with van der Waals surface area (Å²) in [5.41, 5.74) is 1.60. The van der Waals surface area contributed by atoms with Gasteiger partial charge >= 0.3 is 5.97 Å². The summed E-state index contributed by atoms with van der Waals surface area (Å²) < 4.78 is 4.91. The number of piperidine rings is 1. The number of hydrogen-bond acceptors (Lipinski definition) is 3. The molecule has 2 aliphatic rings. The molecule has 3 rings (SSSR count). The van der Waals surface area contributed by atoms with Crippen molar-refractivity contribution in [3.8, 4) is 0 Å². The van der Waals surface area contributed by atoms with Gasteiger partial charge in [0.2, 0.25) is 0 Å². The van der Waals surface area contributed by atoms with Crippen molar-refractivity contribution in [2.24, 2.45) is 10.9 Å². The van der Waals surface area contributed by atoms with Gasteiger partial charge in [0.15, 0.2) is 5.96 Å². The fraction of sp³-hybridized carbons (Fsp3) is 0.636. The molecule has 0 aromatic heterocycles. The number of nitrogens with zero attached hydrogens (tertiary/aromatic N) is 2. The molecule has 1 heterocycles. The molecule has 1 saturated heterocycles. The third-order valence-corrected chi connectivity index (χ3v) is 6.14. The molecule has 0 radical (unpaired) electrons. The van der Waals surface area contributed by atoms with Gasteiger partial charge in [0, 0.05) is 25.0 Å². The SMILES string of the molecule is CCNC(=NCC1(c2ccccc2)CCCC1)N1CCC(C(=O)OC)CC1. The topological polar surface area (TPSA) is 53.9 Å². The van der Waals surface area contributed by atoms with Crippen molar-refractivity contribution in [3.05, 3.63) is 35.9 Å². The van der Waals surface area contributed by atoms with Gasteiger partial charge < -0.3 is 15.0 Å². The van der Waals surface area contributed by atoms with E-state index in [2.05, 4.69) is 47.5 Å². The number of aliphatic imine (C=N–C) groups is 1. The molecular weight excluding hydrogens is 338 g/mol. The first-order valence-corrected chi connectivity index (χ1v) is 10.3. The normalized spacial score (nSPS) is 20.5. The van der Waals surface area contributed by atoms with E-state index in [0.717, 1.165) is 45.0 Å². The lowest BCUT2D eigenvalue weighted by atomic mass is 9.79. The van der Waals surface area contributed by atoms with E-state index in [0.29, 0.717) is 0 Å². The second-order valence-corrected chi connectivity index (χ2v) is 7.81. The minimum atomic E-state index is -0.0782. The van der Waals surface area contributed by atoms with Crippen LogP contribution in [0.15, 0.2) is 35.3 Å². The molecule has 0 unspecified atom stereocenters. The van der Waals surface area contributed by atoms with E-state index in [-0.39, 0.29) is 17.3 Å². The maximum atomic E-state index is 11.8. The zero-order valence-electron chi connectivity index (χ0n) is 16.7. The number of likely N-dealkylation sites (tertiary alicyclic amines) is 1. The van der Waals surface area contributed by atoms with Crippen molar-refractivity contribution in [2.45, 2.75) is 50.9 Å². The van der Waals surface area contributed by atoms with Crippen LogP contribution in [0.3, 0.4) is 0 Å². The zero-order chi connectivity index (χ0) is 19.1. The van der Waals surface area contributed by atoms with Gasteiger partial charge in [-0.25, -0.2) is 0 Å². The quantitative estimate of drug-likeness (QED) is 0.490. The molecule has 5 nitrogen and oxygen atoms in total. The van der Waals surface area contributed by atoms with E-state index >= 15 is 0 Å². The highest BCUT2D eigenvalue weighted by molar-refractivity contribution is 5.80. The Morgan fingerprint density at radius 2 is 1.89 bits per heavy atom. The summed E-state index contributed by atoms with van der Waals surface area (Å²) in [5.74, 6) is 0.938. The minimum absolute atomic E-state index is 0.0274. The molecule has 0 atom stereocenters. The van der Waals surface area contributed by atoms with Crippen LogP contribution in [0, 0.1) is 5.92 Å². The van der Waals surface area contributed by atoms with Gasteiger partial charge in [-0.3, -0.25) is 9.79 Å². The number of hydrogen-bond donors (Lipinski definition) is 1. The summed E-state index contributed by atoms with van der Waals surface area (Å²) in [5, 5.41) is 3.46. The van der Waals surface area contributed by atoms with E-state index < -0.39 is 0 Å². The number of carbonyl (C=O) groups is 1. The molecule has 1 aromatic rings. The highest BCUT2D eigenvalue weighted by Crippen LogP contribution is 2.41. The average molecular weight is 372 g/mol. The molecule has 1 saturated carbocycles. The fourth-order valence-electron chi connectivity index (χ4n) is 4.53. The maximum Gasteiger partial charge on any atom is 0.308 e. The first-order valence-electron chi connectivity index (χ1n) is 10.3. The molecule has 5 heteroatoms. The van der Waals surface area contributed by atoms with Crippen LogP contribution in [0.4, 0.5) is 0 Å². The molecule has 0 amide bonds. The molecule has 1 N–H and O–H groups in total. The van der Waals surface area contributed by atoms with Crippen LogP contribution in [-0.2, 0) is 14.9 Å². The smallest absolute Gasteiger partial charge is 0.308 e. The predicted octanol–water partition coefficient (Wildman–Crippen LogP) is 3.35. The van der Waals surface area contributed by atoms with Gasteiger partial charge in [0.05, 0.1) is 19.6 Å². The molecule has 1 aliphatic carbocycles. The van der Waals surface area contributed by atoms with Crippen LogP contribution in [0.1, 0.15) is 51.0 Å². The predicted molar refractivity (Wildman–Crippen MR) is 109 cm³/mol. The van der Waals surface area contributed by atoms with Crippen LogP contribution in [0.25, 0.3) is 0 Å². The second kappa shape index (κ2) is 9.25. The Kier molecular flexibility index (Phi) is 6.75. The van der Waals surface area contributed by atoms with Crippen LogP contribution in [-0.4, -0.2) is 50.1 Å². The molecule has 1 aliphatic heterocycles. The summed E-state index contributed by atoms with van der Waals surface area (Å²) in [6, 6.07) is 10.9. The van der Waals surface area contributed by atoms with Gasteiger partial charge in [0.25, 0.3) is 0 Å². The molecule has 27 heavy (non-hydrogen) atoms. The van der Waals surface area contributed by atoms with Crippen LogP contribution < -0.4 is 5.32 Å². The number of carbonyl (C=O) groups excluding carboxylic acids is 1. The van der Waals surface area contributed by atoms with Gasteiger partial charge in [0.1, 0.15) is 0 Å². The molecule has 0 bridgehead atoms. The number of ether oxygens (including phenoxy) is 1. The van der Waals surface area contributed by atoms with E-state index in [1.165, 1.54) is 38.4 Å². The standard InChI is InChI=1S/C22H33N3O2/c1-3-23-21(25-15-11-18(12-16-25)20(26)27-2)24-17-22(13-7-8-14-22)19-9-5-4-6-10-19/h4-6,9-10,18H,3,7-8,11-17H2,1-2H3,(H,23,24). The third kappa shape index (κ3) is 4.63. The highest BCUT2D eigenvalue weighted by Gasteiger charge is 2.36. The maximum absolute atomic E-state index is 11.8. The van der Waals surface area contributed by atoms with Gasteiger partial charge in [-0.15, -0.1) is 0 Å². The summed E-state index contributed by atoms with van der Waals surface area (Å²) in [6.45, 7) is 5.50. The Bertz CT molecular complexity index is 630. The van der Waals surface area contributed by atoms with Crippen molar-refractivity contribution < 1.29 is 9.53 Å². The van der Waals surface area contributed by atoms with Crippen LogP contribution in [0.2, 0.25) is 0 Å². The number of methoxy groups -OCH3 is 1. The van der Waals surface area contributed by atoms with E-state index in [4.69, 9.17) is 9.73 Å². The zero-order valence-corrected chi connectivity index (χ0v) is 16.7. The van der Waals surface area contributed by atoms with E-state index in [1.54, 1.807) is 0 Å². The lowest BCUT2D eigenvalue weighted by Crippen LogP contribution is -2.47. The molecule has 0 spiro atoms. The number of guanidine groups is 1.